The third-order valence-corrected chi connectivity index (χ3v) is 3.88. The van der Waals surface area contributed by atoms with Crippen LogP contribution in [0.2, 0.25) is 0 Å². The number of rotatable bonds is 0. The van der Waals surface area contributed by atoms with Crippen molar-refractivity contribution in [3.05, 3.63) is 0 Å². The fourth-order valence-corrected chi connectivity index (χ4v) is 2.84. The van der Waals surface area contributed by atoms with Crippen molar-refractivity contribution in [2.45, 2.75) is 44.2 Å². The number of piperidine rings is 2. The lowest BCUT2D eigenvalue weighted by Crippen LogP contribution is -2.62. The molecule has 0 amide bonds. The van der Waals surface area contributed by atoms with E-state index in [9.17, 15) is 4.79 Å². The zero-order chi connectivity index (χ0) is 8.77. The van der Waals surface area contributed by atoms with Gasteiger partial charge in [0.2, 0.25) is 0 Å². The van der Waals surface area contributed by atoms with Crippen molar-refractivity contribution in [1.82, 2.24) is 0 Å². The molecule has 2 fully saturated rings. The minimum absolute atomic E-state index is 0.502. The highest BCUT2D eigenvalue weighted by Gasteiger charge is 2.45. The van der Waals surface area contributed by atoms with Crippen LogP contribution in [0.5, 0.6) is 0 Å². The van der Waals surface area contributed by atoms with Crippen molar-refractivity contribution in [2.24, 2.45) is 0 Å². The molecule has 68 valence electrons. The van der Waals surface area contributed by atoms with Crippen LogP contribution in [-0.4, -0.2) is 36.4 Å². The average molecular weight is 168 g/mol. The molecule has 2 aliphatic rings. The van der Waals surface area contributed by atoms with Crippen LogP contribution in [0, 0.1) is 0 Å². The second-order valence-corrected chi connectivity index (χ2v) is 4.81. The highest BCUT2D eigenvalue weighted by molar-refractivity contribution is 5.80. The molecule has 2 aliphatic heterocycles. The Labute approximate surface area is 74.1 Å². The Morgan fingerprint density at radius 3 is 2.17 bits per heavy atom. The molecular weight excluding hydrogens is 150 g/mol. The first-order valence-corrected chi connectivity index (χ1v) is 4.96. The highest BCUT2D eigenvalue weighted by atomic mass is 16.1. The quantitative estimate of drug-likeness (QED) is 0.499. The Morgan fingerprint density at radius 1 is 1.17 bits per heavy atom. The summed E-state index contributed by atoms with van der Waals surface area (Å²) in [7, 11) is 4.59. The molecule has 0 radical (unpaired) electrons. The lowest BCUT2D eigenvalue weighted by molar-refractivity contribution is -0.945. The fourth-order valence-electron chi connectivity index (χ4n) is 2.84. The molecule has 0 aliphatic carbocycles. The molecular formula is C10H18NO+. The summed E-state index contributed by atoms with van der Waals surface area (Å²) in [6.45, 7) is 0. The maximum absolute atomic E-state index is 11.4. The molecule has 2 atom stereocenters. The predicted octanol–water partition coefficient (Wildman–Crippen LogP) is 1.35. The molecule has 2 heterocycles. The number of hydrogen-bond donors (Lipinski definition) is 0. The monoisotopic (exact) mass is 168 g/mol. The summed E-state index contributed by atoms with van der Waals surface area (Å²) < 4.78 is 1.10. The van der Waals surface area contributed by atoms with Crippen LogP contribution >= 0.6 is 0 Å². The SMILES string of the molecule is C[N+]1(C)[C@@H]2CCC[C@@H]1CC(=O)C2. The first-order chi connectivity index (χ1) is 5.60. The summed E-state index contributed by atoms with van der Waals surface area (Å²) in [4.78, 5) is 11.4. The van der Waals surface area contributed by atoms with Gasteiger partial charge in [0.1, 0.15) is 5.78 Å². The normalized spacial score (nSPS) is 39.7. The molecule has 12 heavy (non-hydrogen) atoms. The molecule has 2 nitrogen and oxygen atoms in total. The van der Waals surface area contributed by atoms with E-state index >= 15 is 0 Å². The molecule has 2 saturated heterocycles. The van der Waals surface area contributed by atoms with Crippen LogP contribution in [0.15, 0.2) is 0 Å². The highest BCUT2D eigenvalue weighted by Crippen LogP contribution is 2.35. The zero-order valence-electron chi connectivity index (χ0n) is 8.05. The van der Waals surface area contributed by atoms with Crippen LogP contribution in [0.25, 0.3) is 0 Å². The van der Waals surface area contributed by atoms with Crippen LogP contribution in [-0.2, 0) is 4.79 Å². The summed E-state index contributed by atoms with van der Waals surface area (Å²) >= 11 is 0. The topological polar surface area (TPSA) is 17.1 Å². The van der Waals surface area contributed by atoms with Crippen LogP contribution in [0.3, 0.4) is 0 Å². The number of nitrogens with zero attached hydrogens (tertiary/aromatic N) is 1. The molecule has 0 unspecified atom stereocenters. The van der Waals surface area contributed by atoms with Gasteiger partial charge in [0.05, 0.1) is 39.0 Å². The van der Waals surface area contributed by atoms with Crippen molar-refractivity contribution in [1.29, 1.82) is 0 Å². The Hall–Kier alpha value is -0.370. The molecule has 0 saturated carbocycles. The predicted molar refractivity (Wildman–Crippen MR) is 47.8 cm³/mol. The Morgan fingerprint density at radius 2 is 1.67 bits per heavy atom. The van der Waals surface area contributed by atoms with Crippen molar-refractivity contribution < 1.29 is 9.28 Å². The van der Waals surface area contributed by atoms with E-state index in [1.807, 2.05) is 0 Å². The number of Topliss-reactive ketones (excluding diaryl/α,β-unsaturated/α-hetero) is 1. The summed E-state index contributed by atoms with van der Waals surface area (Å²) in [5.74, 6) is 0.502. The first kappa shape index (κ1) is 8.24. The molecule has 0 aromatic carbocycles. The number of ketones is 1. The van der Waals surface area contributed by atoms with Gasteiger partial charge in [0.15, 0.2) is 0 Å². The third kappa shape index (κ3) is 1.09. The van der Waals surface area contributed by atoms with Gasteiger partial charge in [-0.2, -0.15) is 0 Å². The van der Waals surface area contributed by atoms with Gasteiger partial charge < -0.3 is 4.48 Å². The molecule has 2 bridgehead atoms. The smallest absolute Gasteiger partial charge is 0.144 e. The van der Waals surface area contributed by atoms with Crippen molar-refractivity contribution in [3.63, 3.8) is 0 Å². The molecule has 0 aromatic heterocycles. The van der Waals surface area contributed by atoms with Gasteiger partial charge in [-0.15, -0.1) is 0 Å². The van der Waals surface area contributed by atoms with Gasteiger partial charge in [0.25, 0.3) is 0 Å². The third-order valence-electron chi connectivity index (χ3n) is 3.88. The Kier molecular flexibility index (Phi) is 1.76. The Bertz CT molecular complexity index is 192. The first-order valence-electron chi connectivity index (χ1n) is 4.96. The number of fused-ring (bicyclic) bond motifs is 2. The largest absolute Gasteiger partial charge is 0.323 e. The van der Waals surface area contributed by atoms with Gasteiger partial charge in [-0.05, 0) is 6.42 Å². The molecule has 0 aromatic rings. The number of quaternary nitrogens is 1. The molecule has 2 heteroatoms. The average Bonchev–Trinajstić information content (AvgIpc) is 1.92. The van der Waals surface area contributed by atoms with Crippen molar-refractivity contribution >= 4 is 5.78 Å². The second kappa shape index (κ2) is 2.56. The zero-order valence-corrected chi connectivity index (χ0v) is 8.05. The maximum Gasteiger partial charge on any atom is 0.144 e. The molecule has 0 N–H and O–H groups in total. The van der Waals surface area contributed by atoms with E-state index in [1.165, 1.54) is 19.3 Å². The van der Waals surface area contributed by atoms with Gasteiger partial charge >= 0.3 is 0 Å². The van der Waals surface area contributed by atoms with Gasteiger partial charge in [-0.3, -0.25) is 4.79 Å². The minimum atomic E-state index is 0.502. The summed E-state index contributed by atoms with van der Waals surface area (Å²) in [6, 6.07) is 1.26. The summed E-state index contributed by atoms with van der Waals surface area (Å²) in [5.41, 5.74) is 0. The number of carbonyl (C=O) groups is 1. The number of hydrogen-bond acceptors (Lipinski definition) is 1. The molecule has 0 spiro atoms. The van der Waals surface area contributed by atoms with E-state index in [-0.39, 0.29) is 0 Å². The van der Waals surface area contributed by atoms with Crippen molar-refractivity contribution in [3.8, 4) is 0 Å². The van der Waals surface area contributed by atoms with Crippen molar-refractivity contribution in [2.75, 3.05) is 14.1 Å². The molecule has 2 rings (SSSR count). The Balaban J connectivity index is 2.23. The lowest BCUT2D eigenvalue weighted by atomic mass is 9.82. The van der Waals surface area contributed by atoms with Gasteiger partial charge in [-0.1, -0.05) is 0 Å². The van der Waals surface area contributed by atoms with E-state index in [0.29, 0.717) is 17.9 Å². The summed E-state index contributed by atoms with van der Waals surface area (Å²) in [5, 5.41) is 0. The van der Waals surface area contributed by atoms with Crippen LogP contribution < -0.4 is 0 Å². The standard InChI is InChI=1S/C10H18NO/c1-11(2)8-4-3-5-9(11)7-10(12)6-8/h8-9H,3-7H2,1-2H3/q+1/t8-,9-/m1/s1. The second-order valence-electron chi connectivity index (χ2n) is 4.81. The summed E-state index contributed by atoms with van der Waals surface area (Å²) in [6.07, 6.45) is 5.53. The van der Waals surface area contributed by atoms with E-state index in [0.717, 1.165) is 17.3 Å². The van der Waals surface area contributed by atoms with Gasteiger partial charge in [-0.25, -0.2) is 0 Å². The lowest BCUT2D eigenvalue weighted by Gasteiger charge is -2.50. The fraction of sp³-hybridized carbons (Fsp3) is 0.900. The van der Waals surface area contributed by atoms with Gasteiger partial charge in [0, 0.05) is 12.8 Å². The van der Waals surface area contributed by atoms with E-state index in [4.69, 9.17) is 0 Å². The number of carbonyl (C=O) groups excluding carboxylic acids is 1. The van der Waals surface area contributed by atoms with Crippen LogP contribution in [0.4, 0.5) is 0 Å². The minimum Gasteiger partial charge on any atom is -0.323 e. The maximum atomic E-state index is 11.4. The van der Waals surface area contributed by atoms with E-state index < -0.39 is 0 Å². The van der Waals surface area contributed by atoms with E-state index in [2.05, 4.69) is 14.1 Å². The van der Waals surface area contributed by atoms with E-state index in [1.54, 1.807) is 0 Å². The van der Waals surface area contributed by atoms with Crippen LogP contribution in [0.1, 0.15) is 32.1 Å².